The zero-order valence-corrected chi connectivity index (χ0v) is 17.7. The third kappa shape index (κ3) is 3.57. The number of amides is 1. The molecule has 2 aromatic carbocycles. The number of carbonyl (C=O) groups is 1. The van der Waals surface area contributed by atoms with Gasteiger partial charge in [-0.1, -0.05) is 35.3 Å². The highest BCUT2D eigenvalue weighted by atomic mass is 35.5. The highest BCUT2D eigenvalue weighted by molar-refractivity contribution is 6.33. The monoisotopic (exact) mass is 446 g/mol. The molecule has 8 heteroatoms. The molecule has 5 nitrogen and oxygen atoms in total. The van der Waals surface area contributed by atoms with Crippen LogP contribution in [0.25, 0.3) is 0 Å². The number of ether oxygens (including phenoxy) is 2. The van der Waals surface area contributed by atoms with E-state index in [4.69, 9.17) is 32.7 Å². The van der Waals surface area contributed by atoms with Crippen LogP contribution in [0, 0.1) is 5.82 Å². The van der Waals surface area contributed by atoms with Gasteiger partial charge in [-0.2, -0.15) is 0 Å². The number of fused-ring (bicyclic) bond motifs is 1. The molecule has 30 heavy (non-hydrogen) atoms. The molecule has 0 fully saturated rings. The largest absolute Gasteiger partial charge is 0.497 e. The summed E-state index contributed by atoms with van der Waals surface area (Å²) in [6.45, 7) is 0.245. The average molecular weight is 447 g/mol. The van der Waals surface area contributed by atoms with Crippen molar-refractivity contribution in [3.63, 3.8) is 0 Å². The van der Waals surface area contributed by atoms with E-state index in [2.05, 4.69) is 4.98 Å². The summed E-state index contributed by atoms with van der Waals surface area (Å²) >= 11 is 12.9. The van der Waals surface area contributed by atoms with Crippen molar-refractivity contribution >= 4 is 29.1 Å². The van der Waals surface area contributed by atoms with Crippen molar-refractivity contribution in [2.24, 2.45) is 0 Å². The summed E-state index contributed by atoms with van der Waals surface area (Å²) in [4.78, 5) is 19.2. The third-order valence-electron chi connectivity index (χ3n) is 5.01. The summed E-state index contributed by atoms with van der Waals surface area (Å²) in [5, 5.41) is 0.626. The molecule has 3 aromatic rings. The number of rotatable bonds is 5. The van der Waals surface area contributed by atoms with Crippen LogP contribution in [0.5, 0.6) is 11.6 Å². The summed E-state index contributed by atoms with van der Waals surface area (Å²) in [6.07, 6.45) is 0. The van der Waals surface area contributed by atoms with Crippen molar-refractivity contribution in [3.8, 4) is 11.6 Å². The van der Waals surface area contributed by atoms with E-state index in [1.54, 1.807) is 24.1 Å². The Morgan fingerprint density at radius 2 is 1.77 bits per heavy atom. The van der Waals surface area contributed by atoms with Gasteiger partial charge in [0.05, 0.1) is 25.3 Å². The molecule has 4 rings (SSSR count). The van der Waals surface area contributed by atoms with Gasteiger partial charge in [-0.05, 0) is 35.9 Å². The predicted octanol–water partition coefficient (Wildman–Crippen LogP) is 5.29. The molecule has 1 unspecified atom stereocenters. The second-order valence-electron chi connectivity index (χ2n) is 6.76. The Morgan fingerprint density at radius 3 is 2.43 bits per heavy atom. The van der Waals surface area contributed by atoms with Crippen LogP contribution in [-0.4, -0.2) is 30.0 Å². The van der Waals surface area contributed by atoms with Gasteiger partial charge in [0, 0.05) is 28.8 Å². The van der Waals surface area contributed by atoms with Gasteiger partial charge in [0.15, 0.2) is 0 Å². The molecule has 1 aliphatic heterocycles. The van der Waals surface area contributed by atoms with Gasteiger partial charge in [0.1, 0.15) is 17.3 Å². The third-order valence-corrected chi connectivity index (χ3v) is 5.66. The van der Waals surface area contributed by atoms with Gasteiger partial charge < -0.3 is 14.4 Å². The van der Waals surface area contributed by atoms with E-state index in [9.17, 15) is 9.18 Å². The summed E-state index contributed by atoms with van der Waals surface area (Å²) in [5.41, 5.74) is 1.94. The van der Waals surface area contributed by atoms with E-state index in [1.807, 2.05) is 12.1 Å². The van der Waals surface area contributed by atoms with Crippen LogP contribution in [0.15, 0.2) is 48.5 Å². The molecule has 0 radical (unpaired) electrons. The van der Waals surface area contributed by atoms with E-state index >= 15 is 0 Å². The first-order valence-corrected chi connectivity index (χ1v) is 9.81. The second kappa shape index (κ2) is 8.13. The van der Waals surface area contributed by atoms with Gasteiger partial charge in [0.25, 0.3) is 5.91 Å². The zero-order chi connectivity index (χ0) is 21.4. The lowest BCUT2D eigenvalue weighted by molar-refractivity contribution is 0.0731. The van der Waals surface area contributed by atoms with Crippen LogP contribution >= 0.6 is 23.2 Å². The standard InChI is InChI=1S/C22H17Cl2FN2O3/c1-29-14-6-3-12(4-7-14)11-27-21(15-9-13(25)5-8-16(15)23)19-17(24)10-18(30-2)26-20(19)22(27)28/h3-10,21H,11H2,1-2H3. The maximum Gasteiger partial charge on any atom is 0.274 e. The second-order valence-corrected chi connectivity index (χ2v) is 7.57. The van der Waals surface area contributed by atoms with Crippen molar-refractivity contribution in [3.05, 3.63) is 86.8 Å². The minimum Gasteiger partial charge on any atom is -0.497 e. The number of carbonyl (C=O) groups excluding carboxylic acids is 1. The van der Waals surface area contributed by atoms with Gasteiger partial charge in [-0.3, -0.25) is 4.79 Å². The Balaban J connectivity index is 1.85. The Bertz CT molecular complexity index is 1120. The molecule has 0 saturated heterocycles. The van der Waals surface area contributed by atoms with Crippen molar-refractivity contribution in [2.75, 3.05) is 14.2 Å². The minimum atomic E-state index is -0.691. The summed E-state index contributed by atoms with van der Waals surface area (Å²) < 4.78 is 24.4. The van der Waals surface area contributed by atoms with E-state index in [-0.39, 0.29) is 24.0 Å². The highest BCUT2D eigenvalue weighted by Crippen LogP contribution is 2.45. The van der Waals surface area contributed by atoms with Crippen LogP contribution in [0.1, 0.15) is 33.2 Å². The fraction of sp³-hybridized carbons (Fsp3) is 0.182. The fourth-order valence-corrected chi connectivity index (χ4v) is 4.08. The number of nitrogens with zero attached hydrogens (tertiary/aromatic N) is 2. The first-order valence-electron chi connectivity index (χ1n) is 9.06. The minimum absolute atomic E-state index is 0.165. The summed E-state index contributed by atoms with van der Waals surface area (Å²) in [6, 6.07) is 12.2. The smallest absolute Gasteiger partial charge is 0.274 e. The lowest BCUT2D eigenvalue weighted by Gasteiger charge is -2.27. The molecule has 0 saturated carbocycles. The topological polar surface area (TPSA) is 51.7 Å². The predicted molar refractivity (Wildman–Crippen MR) is 112 cm³/mol. The normalized spacial score (nSPS) is 15.3. The summed E-state index contributed by atoms with van der Waals surface area (Å²) in [5.74, 6) is 0.126. The molecule has 1 amide bonds. The highest BCUT2D eigenvalue weighted by Gasteiger charge is 2.42. The number of benzene rings is 2. The van der Waals surface area contributed by atoms with Gasteiger partial charge in [0.2, 0.25) is 5.88 Å². The first-order chi connectivity index (χ1) is 14.4. The molecular formula is C22H17Cl2FN2O3. The van der Waals surface area contributed by atoms with Crippen LogP contribution in [0.3, 0.4) is 0 Å². The quantitative estimate of drug-likeness (QED) is 0.534. The maximum atomic E-state index is 14.1. The van der Waals surface area contributed by atoms with Crippen molar-refractivity contribution in [1.29, 1.82) is 0 Å². The van der Waals surface area contributed by atoms with E-state index in [0.29, 0.717) is 26.9 Å². The van der Waals surface area contributed by atoms with Crippen molar-refractivity contribution in [2.45, 2.75) is 12.6 Å². The lowest BCUT2D eigenvalue weighted by Crippen LogP contribution is -2.28. The maximum absolute atomic E-state index is 14.1. The first kappa shape index (κ1) is 20.4. The Labute approximate surface area is 183 Å². The Kier molecular flexibility index (Phi) is 5.54. The van der Waals surface area contributed by atoms with E-state index in [0.717, 1.165) is 5.56 Å². The fourth-order valence-electron chi connectivity index (χ4n) is 3.58. The van der Waals surface area contributed by atoms with Crippen LogP contribution in [0.2, 0.25) is 10.0 Å². The van der Waals surface area contributed by atoms with E-state index < -0.39 is 11.9 Å². The molecule has 2 heterocycles. The number of halogens is 3. The number of hydrogen-bond acceptors (Lipinski definition) is 4. The molecule has 1 aromatic heterocycles. The van der Waals surface area contributed by atoms with Crippen LogP contribution in [0.4, 0.5) is 4.39 Å². The number of methoxy groups -OCH3 is 2. The molecule has 1 aliphatic rings. The molecular weight excluding hydrogens is 430 g/mol. The number of aromatic nitrogens is 1. The van der Waals surface area contributed by atoms with Gasteiger partial charge >= 0.3 is 0 Å². The van der Waals surface area contributed by atoms with Crippen molar-refractivity contribution in [1.82, 2.24) is 9.88 Å². The number of pyridine rings is 1. The van der Waals surface area contributed by atoms with Gasteiger partial charge in [-0.15, -0.1) is 0 Å². The van der Waals surface area contributed by atoms with Crippen LogP contribution < -0.4 is 9.47 Å². The Hall–Kier alpha value is -2.83. The summed E-state index contributed by atoms with van der Waals surface area (Å²) in [7, 11) is 3.03. The van der Waals surface area contributed by atoms with Gasteiger partial charge in [-0.25, -0.2) is 9.37 Å². The average Bonchev–Trinajstić information content (AvgIpc) is 3.02. The SMILES string of the molecule is COc1ccc(CN2C(=O)c3nc(OC)cc(Cl)c3C2c2cc(F)ccc2Cl)cc1. The Morgan fingerprint density at radius 1 is 1.03 bits per heavy atom. The molecule has 0 spiro atoms. The molecule has 1 atom stereocenters. The van der Waals surface area contributed by atoms with Crippen molar-refractivity contribution < 1.29 is 18.7 Å². The molecule has 0 bridgehead atoms. The zero-order valence-electron chi connectivity index (χ0n) is 16.2. The molecule has 154 valence electrons. The van der Waals surface area contributed by atoms with Crippen LogP contribution in [-0.2, 0) is 6.54 Å². The van der Waals surface area contributed by atoms with E-state index in [1.165, 1.54) is 31.4 Å². The lowest BCUT2D eigenvalue weighted by atomic mass is 9.99. The molecule has 0 aliphatic carbocycles. The number of hydrogen-bond donors (Lipinski definition) is 0. The molecule has 0 N–H and O–H groups in total.